The summed E-state index contributed by atoms with van der Waals surface area (Å²) < 4.78 is 0. The van der Waals surface area contributed by atoms with Crippen molar-refractivity contribution in [2.24, 2.45) is 0 Å². The molecule has 2 aromatic rings. The predicted octanol–water partition coefficient (Wildman–Crippen LogP) is 4.84. The van der Waals surface area contributed by atoms with Gasteiger partial charge < -0.3 is 5.32 Å². The van der Waals surface area contributed by atoms with Gasteiger partial charge in [0.2, 0.25) is 0 Å². The van der Waals surface area contributed by atoms with Gasteiger partial charge in [0.1, 0.15) is 0 Å². The highest BCUT2D eigenvalue weighted by molar-refractivity contribution is 6.30. The quantitative estimate of drug-likeness (QED) is 0.805. The molecule has 0 saturated heterocycles. The van der Waals surface area contributed by atoms with Crippen LogP contribution in [0, 0.1) is 0 Å². The number of hydrogen-bond donors (Lipinski definition) is 1. The maximum absolute atomic E-state index is 6.12. The maximum atomic E-state index is 6.12. The Hall–Kier alpha value is -1.31. The number of benzene rings is 2. The monoisotopic (exact) mass is 301 g/mol. The SMILES string of the molecule is CCNC(Cc1cccc(Cl)c1)C(C)(C)c1ccccc1. The smallest absolute Gasteiger partial charge is 0.0408 e. The van der Waals surface area contributed by atoms with Gasteiger partial charge in [-0.15, -0.1) is 0 Å². The molecule has 1 N–H and O–H groups in total. The normalized spacial score (nSPS) is 13.1. The Morgan fingerprint density at radius 2 is 1.76 bits per heavy atom. The highest BCUT2D eigenvalue weighted by atomic mass is 35.5. The Morgan fingerprint density at radius 3 is 2.38 bits per heavy atom. The van der Waals surface area contributed by atoms with Gasteiger partial charge in [-0.2, -0.15) is 0 Å². The van der Waals surface area contributed by atoms with E-state index >= 15 is 0 Å². The average Bonchev–Trinajstić information content (AvgIpc) is 2.48. The van der Waals surface area contributed by atoms with Crippen molar-refractivity contribution in [3.8, 4) is 0 Å². The molecule has 112 valence electrons. The summed E-state index contributed by atoms with van der Waals surface area (Å²) in [4.78, 5) is 0. The Labute approximate surface area is 133 Å². The zero-order valence-corrected chi connectivity index (χ0v) is 13.8. The zero-order chi connectivity index (χ0) is 15.3. The summed E-state index contributed by atoms with van der Waals surface area (Å²) >= 11 is 6.12. The van der Waals surface area contributed by atoms with Crippen LogP contribution in [0.4, 0.5) is 0 Å². The first-order valence-electron chi connectivity index (χ1n) is 7.57. The molecule has 0 amide bonds. The number of hydrogen-bond acceptors (Lipinski definition) is 1. The highest BCUT2D eigenvalue weighted by Gasteiger charge is 2.30. The molecule has 2 rings (SSSR count). The van der Waals surface area contributed by atoms with Gasteiger partial charge in [-0.25, -0.2) is 0 Å². The molecule has 0 aliphatic rings. The molecule has 1 unspecified atom stereocenters. The molecule has 0 fully saturated rings. The lowest BCUT2D eigenvalue weighted by atomic mass is 9.75. The number of likely N-dealkylation sites (N-methyl/N-ethyl adjacent to an activating group) is 1. The van der Waals surface area contributed by atoms with Crippen LogP contribution in [0.15, 0.2) is 54.6 Å². The summed E-state index contributed by atoms with van der Waals surface area (Å²) in [7, 11) is 0. The van der Waals surface area contributed by atoms with Crippen molar-refractivity contribution in [2.45, 2.75) is 38.6 Å². The van der Waals surface area contributed by atoms with Crippen LogP contribution in [0.5, 0.6) is 0 Å². The van der Waals surface area contributed by atoms with E-state index in [0.29, 0.717) is 6.04 Å². The van der Waals surface area contributed by atoms with Crippen molar-refractivity contribution in [1.82, 2.24) is 5.32 Å². The first kappa shape index (κ1) is 16.1. The molecule has 0 radical (unpaired) electrons. The minimum Gasteiger partial charge on any atom is -0.313 e. The first-order chi connectivity index (χ1) is 10.0. The summed E-state index contributed by atoms with van der Waals surface area (Å²) in [6, 6.07) is 19.2. The predicted molar refractivity (Wildman–Crippen MR) is 92.1 cm³/mol. The molecule has 0 aliphatic heterocycles. The van der Waals surface area contributed by atoms with E-state index in [1.165, 1.54) is 11.1 Å². The maximum Gasteiger partial charge on any atom is 0.0408 e. The van der Waals surface area contributed by atoms with Crippen molar-refractivity contribution >= 4 is 11.6 Å². The number of rotatable bonds is 6. The second-order valence-electron chi connectivity index (χ2n) is 6.03. The molecular formula is C19H24ClN. The van der Waals surface area contributed by atoms with E-state index in [4.69, 9.17) is 11.6 Å². The summed E-state index contributed by atoms with van der Waals surface area (Å²) in [5.74, 6) is 0. The van der Waals surface area contributed by atoms with E-state index in [-0.39, 0.29) is 5.41 Å². The molecule has 2 heteroatoms. The summed E-state index contributed by atoms with van der Waals surface area (Å²) in [6.45, 7) is 7.73. The zero-order valence-electron chi connectivity index (χ0n) is 13.1. The molecule has 0 saturated carbocycles. The van der Waals surface area contributed by atoms with Gasteiger partial charge >= 0.3 is 0 Å². The lowest BCUT2D eigenvalue weighted by Gasteiger charge is -2.36. The third kappa shape index (κ3) is 4.09. The minimum absolute atomic E-state index is 0.0551. The number of nitrogens with one attached hydrogen (secondary N) is 1. The van der Waals surface area contributed by atoms with Crippen molar-refractivity contribution in [3.63, 3.8) is 0 Å². The van der Waals surface area contributed by atoms with Gasteiger partial charge in [-0.05, 0) is 36.2 Å². The average molecular weight is 302 g/mol. The molecule has 0 bridgehead atoms. The van der Waals surface area contributed by atoms with E-state index in [1.54, 1.807) is 0 Å². The van der Waals surface area contributed by atoms with E-state index in [1.807, 2.05) is 12.1 Å². The van der Waals surface area contributed by atoms with Gasteiger partial charge in [0.15, 0.2) is 0 Å². The molecule has 0 spiro atoms. The third-order valence-corrected chi connectivity index (χ3v) is 4.40. The van der Waals surface area contributed by atoms with E-state index in [9.17, 15) is 0 Å². The second kappa shape index (κ2) is 7.11. The van der Waals surface area contributed by atoms with Crippen LogP contribution in [-0.4, -0.2) is 12.6 Å². The molecule has 0 aromatic heterocycles. The Bertz CT molecular complexity index is 563. The lowest BCUT2D eigenvalue weighted by molar-refractivity contribution is 0.343. The highest BCUT2D eigenvalue weighted by Crippen LogP contribution is 2.29. The van der Waals surface area contributed by atoms with Crippen molar-refractivity contribution in [2.75, 3.05) is 6.54 Å². The molecule has 2 aromatic carbocycles. The van der Waals surface area contributed by atoms with Crippen LogP contribution in [0.2, 0.25) is 5.02 Å². The van der Waals surface area contributed by atoms with Crippen molar-refractivity contribution < 1.29 is 0 Å². The molecule has 0 aliphatic carbocycles. The molecule has 1 nitrogen and oxygen atoms in total. The molecule has 1 atom stereocenters. The summed E-state index contributed by atoms with van der Waals surface area (Å²) in [6.07, 6.45) is 0.969. The number of halogens is 1. The Morgan fingerprint density at radius 1 is 1.05 bits per heavy atom. The van der Waals surface area contributed by atoms with Crippen LogP contribution >= 0.6 is 11.6 Å². The second-order valence-corrected chi connectivity index (χ2v) is 6.47. The van der Waals surface area contributed by atoms with Gasteiger partial charge in [-0.3, -0.25) is 0 Å². The van der Waals surface area contributed by atoms with E-state index in [2.05, 4.69) is 68.6 Å². The van der Waals surface area contributed by atoms with E-state index < -0.39 is 0 Å². The van der Waals surface area contributed by atoms with Crippen LogP contribution in [0.25, 0.3) is 0 Å². The van der Waals surface area contributed by atoms with Crippen LogP contribution in [0.1, 0.15) is 31.9 Å². The largest absolute Gasteiger partial charge is 0.313 e. The standard InChI is InChI=1S/C19H24ClN/c1-4-21-18(14-15-9-8-12-17(20)13-15)19(2,3)16-10-6-5-7-11-16/h5-13,18,21H,4,14H2,1-3H3. The third-order valence-electron chi connectivity index (χ3n) is 4.17. The van der Waals surface area contributed by atoms with E-state index in [0.717, 1.165) is 18.0 Å². The lowest BCUT2D eigenvalue weighted by Crippen LogP contribution is -2.46. The fourth-order valence-electron chi connectivity index (χ4n) is 2.80. The minimum atomic E-state index is 0.0551. The van der Waals surface area contributed by atoms with Gasteiger partial charge in [0.25, 0.3) is 0 Å². The molecule has 21 heavy (non-hydrogen) atoms. The fraction of sp³-hybridized carbons (Fsp3) is 0.368. The van der Waals surface area contributed by atoms with Crippen molar-refractivity contribution in [3.05, 3.63) is 70.7 Å². The van der Waals surface area contributed by atoms with Gasteiger partial charge in [0, 0.05) is 16.5 Å². The van der Waals surface area contributed by atoms with Gasteiger partial charge in [-0.1, -0.05) is 74.8 Å². The van der Waals surface area contributed by atoms with Crippen LogP contribution in [0.3, 0.4) is 0 Å². The Balaban J connectivity index is 2.25. The Kier molecular flexibility index (Phi) is 5.44. The molecule has 0 heterocycles. The summed E-state index contributed by atoms with van der Waals surface area (Å²) in [5, 5.41) is 4.45. The van der Waals surface area contributed by atoms with Gasteiger partial charge in [0.05, 0.1) is 0 Å². The van der Waals surface area contributed by atoms with Crippen LogP contribution < -0.4 is 5.32 Å². The van der Waals surface area contributed by atoms with Crippen molar-refractivity contribution in [1.29, 1.82) is 0 Å². The fourth-order valence-corrected chi connectivity index (χ4v) is 3.01. The summed E-state index contributed by atoms with van der Waals surface area (Å²) in [5.41, 5.74) is 2.69. The van der Waals surface area contributed by atoms with Crippen LogP contribution in [-0.2, 0) is 11.8 Å². The topological polar surface area (TPSA) is 12.0 Å². The molecular weight excluding hydrogens is 278 g/mol. The first-order valence-corrected chi connectivity index (χ1v) is 7.95.